The van der Waals surface area contributed by atoms with Crippen molar-refractivity contribution in [1.82, 2.24) is 10.6 Å². The van der Waals surface area contributed by atoms with E-state index in [4.69, 9.17) is 4.74 Å². The maximum absolute atomic E-state index is 12.9. The van der Waals surface area contributed by atoms with Crippen molar-refractivity contribution < 1.29 is 14.3 Å². The Morgan fingerprint density at radius 2 is 2.04 bits per heavy atom. The number of rotatable bonds is 3. The van der Waals surface area contributed by atoms with Gasteiger partial charge in [0.05, 0.1) is 11.6 Å². The van der Waals surface area contributed by atoms with Gasteiger partial charge < -0.3 is 15.4 Å². The van der Waals surface area contributed by atoms with Gasteiger partial charge >= 0.3 is 12.0 Å². The van der Waals surface area contributed by atoms with Crippen LogP contribution in [0.4, 0.5) is 4.79 Å². The molecule has 1 aliphatic heterocycles. The first kappa shape index (κ1) is 18.0. The lowest BCUT2D eigenvalue weighted by Gasteiger charge is -2.31. The van der Waals surface area contributed by atoms with E-state index in [1.54, 1.807) is 6.92 Å². The van der Waals surface area contributed by atoms with Gasteiger partial charge in [-0.15, -0.1) is 0 Å². The summed E-state index contributed by atoms with van der Waals surface area (Å²) in [5, 5.41) is 5.53. The van der Waals surface area contributed by atoms with E-state index in [-0.39, 0.29) is 18.1 Å². The number of amides is 2. The van der Waals surface area contributed by atoms with Crippen molar-refractivity contribution in [3.05, 3.63) is 45.6 Å². The van der Waals surface area contributed by atoms with Gasteiger partial charge in [0.15, 0.2) is 0 Å². The number of hydrogen-bond donors (Lipinski definition) is 2. The van der Waals surface area contributed by atoms with E-state index < -0.39 is 6.04 Å². The van der Waals surface area contributed by atoms with Crippen LogP contribution in [0.1, 0.15) is 51.1 Å². The second-order valence-corrected chi connectivity index (χ2v) is 7.75. The first-order chi connectivity index (χ1) is 12.0. The fraction of sp³-hybridized carbons (Fsp3) is 0.474. The number of allylic oxidation sites excluding steroid dienone is 1. The maximum atomic E-state index is 12.9. The van der Waals surface area contributed by atoms with Gasteiger partial charge in [-0.3, -0.25) is 0 Å². The average Bonchev–Trinajstić information content (AvgIpc) is 2.54. The topological polar surface area (TPSA) is 67.4 Å². The Morgan fingerprint density at radius 3 is 2.76 bits per heavy atom. The summed E-state index contributed by atoms with van der Waals surface area (Å²) in [6.45, 7) is 3.93. The summed E-state index contributed by atoms with van der Waals surface area (Å²) in [5.41, 5.74) is 1.84. The lowest BCUT2D eigenvalue weighted by Crippen LogP contribution is -2.45. The van der Waals surface area contributed by atoms with Crippen LogP contribution in [0.15, 0.2) is 40.0 Å². The molecule has 3 rings (SSSR count). The van der Waals surface area contributed by atoms with E-state index in [0.29, 0.717) is 17.2 Å². The minimum atomic E-state index is -0.530. The Bertz CT molecular complexity index is 716. The standard InChI is InChI=1S/C19H23BrN2O3/c1-11-6-5-7-13(10-11)25-18(23)16-12(2)21-19(24)22-17(16)14-8-3-4-9-15(14)20/h3-4,8-9,11,13,17H,5-7,10H2,1-2H3,(H2,21,22,24)/t11-,13+,17-/m1/s1. The van der Waals surface area contributed by atoms with Crippen molar-refractivity contribution in [3.8, 4) is 0 Å². The quantitative estimate of drug-likeness (QED) is 0.739. The van der Waals surface area contributed by atoms with Crippen LogP contribution >= 0.6 is 15.9 Å². The van der Waals surface area contributed by atoms with E-state index >= 15 is 0 Å². The molecular formula is C19H23BrN2O3. The Kier molecular flexibility index (Phi) is 5.47. The number of nitrogens with one attached hydrogen (secondary N) is 2. The number of carbonyl (C=O) groups is 2. The number of carbonyl (C=O) groups excluding carboxylic acids is 2. The molecule has 1 aromatic rings. The third-order valence-corrected chi connectivity index (χ3v) is 5.59. The Morgan fingerprint density at radius 1 is 1.28 bits per heavy atom. The largest absolute Gasteiger partial charge is 0.459 e. The molecule has 1 aliphatic carbocycles. The van der Waals surface area contributed by atoms with Crippen LogP contribution in [0.25, 0.3) is 0 Å². The third kappa shape index (κ3) is 4.06. The summed E-state index contributed by atoms with van der Waals surface area (Å²) < 4.78 is 6.63. The predicted molar refractivity (Wildman–Crippen MR) is 98.8 cm³/mol. The second-order valence-electron chi connectivity index (χ2n) is 6.89. The maximum Gasteiger partial charge on any atom is 0.338 e. The van der Waals surface area contributed by atoms with Crippen LogP contribution in [-0.4, -0.2) is 18.1 Å². The molecule has 0 unspecified atom stereocenters. The molecule has 0 bridgehead atoms. The van der Waals surface area contributed by atoms with E-state index in [2.05, 4.69) is 33.5 Å². The molecule has 0 spiro atoms. The van der Waals surface area contributed by atoms with Crippen molar-refractivity contribution in [2.45, 2.75) is 51.7 Å². The summed E-state index contributed by atoms with van der Waals surface area (Å²) in [7, 11) is 0. The van der Waals surface area contributed by atoms with Gasteiger partial charge in [0.2, 0.25) is 0 Å². The molecule has 1 fully saturated rings. The van der Waals surface area contributed by atoms with E-state index in [1.807, 2.05) is 24.3 Å². The number of hydrogen-bond acceptors (Lipinski definition) is 3. The van der Waals surface area contributed by atoms with Crippen LogP contribution in [0, 0.1) is 5.92 Å². The summed E-state index contributed by atoms with van der Waals surface area (Å²) >= 11 is 3.51. The molecule has 1 aromatic carbocycles. The first-order valence-corrected chi connectivity index (χ1v) is 9.48. The zero-order chi connectivity index (χ0) is 18.0. The fourth-order valence-corrected chi connectivity index (χ4v) is 4.12. The van der Waals surface area contributed by atoms with E-state index in [0.717, 1.165) is 29.3 Å². The minimum Gasteiger partial charge on any atom is -0.459 e. The first-order valence-electron chi connectivity index (χ1n) is 8.69. The molecule has 3 atom stereocenters. The molecule has 25 heavy (non-hydrogen) atoms. The van der Waals surface area contributed by atoms with Gasteiger partial charge in [-0.25, -0.2) is 9.59 Å². The van der Waals surface area contributed by atoms with Crippen LogP contribution in [0.2, 0.25) is 0 Å². The molecule has 134 valence electrons. The lowest BCUT2D eigenvalue weighted by molar-refractivity contribution is -0.146. The zero-order valence-electron chi connectivity index (χ0n) is 14.5. The molecule has 0 aromatic heterocycles. The Labute approximate surface area is 156 Å². The van der Waals surface area contributed by atoms with Crippen molar-refractivity contribution in [3.63, 3.8) is 0 Å². The van der Waals surface area contributed by atoms with Gasteiger partial charge in [0, 0.05) is 10.2 Å². The Balaban J connectivity index is 1.87. The monoisotopic (exact) mass is 406 g/mol. The van der Waals surface area contributed by atoms with Gasteiger partial charge in [0.25, 0.3) is 0 Å². The molecule has 1 saturated carbocycles. The van der Waals surface area contributed by atoms with Crippen molar-refractivity contribution in [2.24, 2.45) is 5.92 Å². The smallest absolute Gasteiger partial charge is 0.338 e. The molecular weight excluding hydrogens is 384 g/mol. The molecule has 5 nitrogen and oxygen atoms in total. The molecule has 1 heterocycles. The predicted octanol–water partition coefficient (Wildman–Crippen LogP) is 4.20. The fourth-order valence-electron chi connectivity index (χ4n) is 3.61. The summed E-state index contributed by atoms with van der Waals surface area (Å²) in [5.74, 6) is 0.217. The van der Waals surface area contributed by atoms with Gasteiger partial charge in [-0.05, 0) is 43.7 Å². The average molecular weight is 407 g/mol. The van der Waals surface area contributed by atoms with Gasteiger partial charge in [0.1, 0.15) is 6.10 Å². The van der Waals surface area contributed by atoms with Gasteiger partial charge in [-0.2, -0.15) is 0 Å². The Hall–Kier alpha value is -1.82. The normalized spacial score (nSPS) is 26.7. The molecule has 0 saturated heterocycles. The molecule has 2 N–H and O–H groups in total. The highest BCUT2D eigenvalue weighted by Gasteiger charge is 2.34. The van der Waals surface area contributed by atoms with E-state index in [9.17, 15) is 9.59 Å². The number of ether oxygens (including phenoxy) is 1. The zero-order valence-corrected chi connectivity index (χ0v) is 16.1. The second kappa shape index (κ2) is 7.60. The molecule has 2 amide bonds. The van der Waals surface area contributed by atoms with Crippen LogP contribution in [0.5, 0.6) is 0 Å². The van der Waals surface area contributed by atoms with Crippen LogP contribution in [0.3, 0.4) is 0 Å². The highest BCUT2D eigenvalue weighted by atomic mass is 79.9. The summed E-state index contributed by atoms with van der Waals surface area (Å²) in [6, 6.07) is 6.72. The van der Waals surface area contributed by atoms with E-state index in [1.165, 1.54) is 6.42 Å². The molecule has 0 radical (unpaired) electrons. The summed E-state index contributed by atoms with van der Waals surface area (Å²) in [6.07, 6.45) is 4.03. The number of urea groups is 1. The highest BCUT2D eigenvalue weighted by molar-refractivity contribution is 9.10. The highest BCUT2D eigenvalue weighted by Crippen LogP contribution is 2.33. The summed E-state index contributed by atoms with van der Waals surface area (Å²) in [4.78, 5) is 24.8. The third-order valence-electron chi connectivity index (χ3n) is 4.87. The van der Waals surface area contributed by atoms with Gasteiger partial charge in [-0.1, -0.05) is 47.5 Å². The molecule has 2 aliphatic rings. The van der Waals surface area contributed by atoms with Crippen LogP contribution < -0.4 is 10.6 Å². The number of esters is 1. The van der Waals surface area contributed by atoms with Crippen molar-refractivity contribution in [2.75, 3.05) is 0 Å². The van der Waals surface area contributed by atoms with Crippen LogP contribution in [-0.2, 0) is 9.53 Å². The number of benzene rings is 1. The number of halogens is 1. The van der Waals surface area contributed by atoms with Crippen molar-refractivity contribution >= 4 is 27.9 Å². The minimum absolute atomic E-state index is 0.0472. The van der Waals surface area contributed by atoms with Crippen molar-refractivity contribution in [1.29, 1.82) is 0 Å². The molecule has 6 heteroatoms. The lowest BCUT2D eigenvalue weighted by atomic mass is 9.88. The SMILES string of the molecule is CC1=C(C(=O)O[C@H]2CCC[C@@H](C)C2)[C@@H](c2ccccc2Br)NC(=O)N1.